The van der Waals surface area contributed by atoms with E-state index >= 15 is 0 Å². The average Bonchev–Trinajstić information content (AvgIpc) is 3.63. The van der Waals surface area contributed by atoms with Crippen molar-refractivity contribution >= 4 is 36.3 Å². The summed E-state index contributed by atoms with van der Waals surface area (Å²) in [6.07, 6.45) is 5.89. The van der Waals surface area contributed by atoms with Crippen molar-refractivity contribution in [3.05, 3.63) is 47.9 Å². The van der Waals surface area contributed by atoms with Crippen LogP contribution < -0.4 is 20.5 Å². The van der Waals surface area contributed by atoms with Gasteiger partial charge in [0, 0.05) is 30.8 Å². The highest BCUT2D eigenvalue weighted by Gasteiger charge is 2.32. The Morgan fingerprint density at radius 2 is 1.97 bits per heavy atom. The van der Waals surface area contributed by atoms with Crippen LogP contribution in [0, 0.1) is 17.7 Å². The Bertz CT molecular complexity index is 1100. The number of amides is 2. The Hall–Kier alpha value is -3.82. The van der Waals surface area contributed by atoms with Crippen molar-refractivity contribution in [3.8, 4) is 5.75 Å². The number of anilines is 2. The molecular weight excluding hydrogens is 451 g/mol. The molecule has 2 saturated carbocycles. The first kappa shape index (κ1) is 24.3. The standard InChI is InChI=1S/C25H29FN6O3/c1-3-28-32(27-2)21-13-14-22(31-24(33)16-7-8-16)30-23(21)25(34)29-20-6-4-5-17(20)15-35-19-11-9-18(26)10-12-19/h3,9-14,16-17,20H,2,4-8,15H2,1H3,(H,29,34)(H,30,31,33)/b28-3-/t17-,20+/m1/s1. The molecule has 1 aromatic carbocycles. The maximum Gasteiger partial charge on any atom is 0.272 e. The number of hydrazone groups is 2. The molecule has 0 aliphatic heterocycles. The van der Waals surface area contributed by atoms with E-state index in [1.807, 2.05) is 0 Å². The number of halogens is 1. The van der Waals surface area contributed by atoms with E-state index in [1.54, 1.807) is 31.2 Å². The van der Waals surface area contributed by atoms with Gasteiger partial charge in [0.2, 0.25) is 5.91 Å². The van der Waals surface area contributed by atoms with Gasteiger partial charge in [0.15, 0.2) is 5.69 Å². The molecule has 2 N–H and O–H groups in total. The van der Waals surface area contributed by atoms with E-state index < -0.39 is 5.91 Å². The maximum absolute atomic E-state index is 13.4. The molecule has 10 heteroatoms. The molecule has 2 aromatic rings. The van der Waals surface area contributed by atoms with Gasteiger partial charge >= 0.3 is 0 Å². The summed E-state index contributed by atoms with van der Waals surface area (Å²) in [5.74, 6) is 0.145. The monoisotopic (exact) mass is 480 g/mol. The SMILES string of the molecule is C=NN(/N=C\C)c1ccc(NC(=O)C2CC2)nc1C(=O)N[C@H]1CCC[C@@H]1COc1ccc(F)cc1. The number of nitrogens with one attached hydrogen (secondary N) is 2. The number of aromatic nitrogens is 1. The molecule has 9 nitrogen and oxygen atoms in total. The van der Waals surface area contributed by atoms with Crippen molar-refractivity contribution in [2.45, 2.75) is 45.1 Å². The van der Waals surface area contributed by atoms with Crippen LogP contribution in [0.4, 0.5) is 15.9 Å². The Morgan fingerprint density at radius 1 is 1.20 bits per heavy atom. The second-order valence-corrected chi connectivity index (χ2v) is 8.67. The zero-order valence-electron chi connectivity index (χ0n) is 19.6. The molecule has 184 valence electrons. The van der Waals surface area contributed by atoms with E-state index in [2.05, 4.69) is 32.5 Å². The van der Waals surface area contributed by atoms with E-state index in [1.165, 1.54) is 23.5 Å². The van der Waals surface area contributed by atoms with Gasteiger partial charge < -0.3 is 15.4 Å². The average molecular weight is 481 g/mol. The van der Waals surface area contributed by atoms with Gasteiger partial charge in [-0.1, -0.05) is 6.42 Å². The molecule has 35 heavy (non-hydrogen) atoms. The molecule has 1 heterocycles. The van der Waals surface area contributed by atoms with Gasteiger partial charge in [0.1, 0.15) is 23.1 Å². The van der Waals surface area contributed by atoms with Gasteiger partial charge in [-0.25, -0.2) is 9.37 Å². The summed E-state index contributed by atoms with van der Waals surface area (Å²) in [5, 5.41) is 15.1. The molecule has 0 spiro atoms. The minimum Gasteiger partial charge on any atom is -0.493 e. The van der Waals surface area contributed by atoms with Crippen LogP contribution in [0.3, 0.4) is 0 Å². The van der Waals surface area contributed by atoms with E-state index in [-0.39, 0.29) is 35.3 Å². The predicted octanol–water partition coefficient (Wildman–Crippen LogP) is 3.97. The first-order valence-corrected chi connectivity index (χ1v) is 11.7. The fourth-order valence-electron chi connectivity index (χ4n) is 4.11. The number of pyridine rings is 1. The van der Waals surface area contributed by atoms with Gasteiger partial charge in [-0.2, -0.15) is 15.3 Å². The van der Waals surface area contributed by atoms with Crippen molar-refractivity contribution in [1.29, 1.82) is 0 Å². The lowest BCUT2D eigenvalue weighted by molar-refractivity contribution is -0.117. The minimum atomic E-state index is -0.402. The molecule has 4 rings (SSSR count). The molecule has 2 amide bonds. The summed E-state index contributed by atoms with van der Waals surface area (Å²) >= 11 is 0. The summed E-state index contributed by atoms with van der Waals surface area (Å²) in [4.78, 5) is 30.0. The van der Waals surface area contributed by atoms with E-state index in [0.29, 0.717) is 23.9 Å². The smallest absolute Gasteiger partial charge is 0.272 e. The van der Waals surface area contributed by atoms with Gasteiger partial charge in [-0.05, 0) is 69.0 Å². The maximum atomic E-state index is 13.4. The lowest BCUT2D eigenvalue weighted by Gasteiger charge is -2.23. The van der Waals surface area contributed by atoms with Crippen LogP contribution in [0.25, 0.3) is 0 Å². The van der Waals surface area contributed by atoms with Gasteiger partial charge in [-0.15, -0.1) is 0 Å². The van der Waals surface area contributed by atoms with Crippen LogP contribution in [0.5, 0.6) is 5.75 Å². The minimum absolute atomic E-state index is 0.00476. The Balaban J connectivity index is 1.49. The number of carbonyl (C=O) groups is 2. The van der Waals surface area contributed by atoms with E-state index in [4.69, 9.17) is 4.74 Å². The van der Waals surface area contributed by atoms with Crippen LogP contribution in [0.2, 0.25) is 0 Å². The van der Waals surface area contributed by atoms with Crippen LogP contribution >= 0.6 is 0 Å². The number of ether oxygens (including phenoxy) is 1. The summed E-state index contributed by atoms with van der Waals surface area (Å²) in [6, 6.07) is 9.00. The van der Waals surface area contributed by atoms with Crippen molar-refractivity contribution in [1.82, 2.24) is 10.3 Å². The third-order valence-corrected chi connectivity index (χ3v) is 6.12. The number of benzene rings is 1. The third-order valence-electron chi connectivity index (χ3n) is 6.12. The molecule has 1 aromatic heterocycles. The molecule has 0 radical (unpaired) electrons. The number of rotatable bonds is 10. The molecule has 2 fully saturated rings. The largest absolute Gasteiger partial charge is 0.493 e. The first-order valence-electron chi connectivity index (χ1n) is 11.7. The topological polar surface area (TPSA) is 108 Å². The summed E-state index contributed by atoms with van der Waals surface area (Å²) in [6.45, 7) is 5.65. The second kappa shape index (κ2) is 11.1. The Kier molecular flexibility index (Phi) is 7.69. The van der Waals surface area contributed by atoms with Gasteiger partial charge in [0.05, 0.1) is 6.61 Å². The van der Waals surface area contributed by atoms with Gasteiger partial charge in [-0.3, -0.25) is 9.59 Å². The number of hydrogen-bond acceptors (Lipinski definition) is 7. The van der Waals surface area contributed by atoms with Crippen LogP contribution in [0.15, 0.2) is 46.6 Å². The highest BCUT2D eigenvalue weighted by Crippen LogP contribution is 2.31. The Labute approximate surface area is 203 Å². The molecular formula is C25H29FN6O3. The second-order valence-electron chi connectivity index (χ2n) is 8.67. The fourth-order valence-corrected chi connectivity index (χ4v) is 4.11. The predicted molar refractivity (Wildman–Crippen MR) is 132 cm³/mol. The van der Waals surface area contributed by atoms with Gasteiger partial charge in [0.25, 0.3) is 5.91 Å². The third kappa shape index (κ3) is 6.20. The number of nitrogens with zero attached hydrogens (tertiary/aromatic N) is 4. The highest BCUT2D eigenvalue weighted by atomic mass is 19.1. The van der Waals surface area contributed by atoms with Crippen LogP contribution in [0.1, 0.15) is 49.5 Å². The zero-order valence-corrected chi connectivity index (χ0v) is 19.6. The molecule has 2 aliphatic carbocycles. The Morgan fingerprint density at radius 3 is 2.66 bits per heavy atom. The number of hydrogen-bond donors (Lipinski definition) is 2. The molecule has 0 bridgehead atoms. The van der Waals surface area contributed by atoms with Crippen molar-refractivity contribution in [2.75, 3.05) is 17.0 Å². The highest BCUT2D eigenvalue weighted by molar-refractivity contribution is 5.99. The quantitative estimate of drug-likeness (QED) is 0.395. The van der Waals surface area contributed by atoms with Crippen molar-refractivity contribution < 1.29 is 18.7 Å². The summed E-state index contributed by atoms with van der Waals surface area (Å²) in [7, 11) is 0. The van der Waals surface area contributed by atoms with E-state index in [9.17, 15) is 14.0 Å². The van der Waals surface area contributed by atoms with Crippen LogP contribution in [-0.4, -0.2) is 42.4 Å². The van der Waals surface area contributed by atoms with Crippen LogP contribution in [-0.2, 0) is 4.79 Å². The van der Waals surface area contributed by atoms with E-state index in [0.717, 1.165) is 32.1 Å². The molecule has 2 atom stereocenters. The number of carbonyl (C=O) groups excluding carboxylic acids is 2. The molecule has 2 aliphatic rings. The molecule has 0 unspecified atom stereocenters. The fraction of sp³-hybridized carbons (Fsp3) is 0.400. The lowest BCUT2D eigenvalue weighted by atomic mass is 10.0. The first-order chi connectivity index (χ1) is 17.0. The van der Waals surface area contributed by atoms with Crippen molar-refractivity contribution in [2.24, 2.45) is 22.0 Å². The summed E-state index contributed by atoms with van der Waals surface area (Å²) in [5.41, 5.74) is 0.429. The molecule has 0 saturated heterocycles. The zero-order chi connectivity index (χ0) is 24.8. The summed E-state index contributed by atoms with van der Waals surface area (Å²) < 4.78 is 19.0. The normalized spacial score (nSPS) is 19.4. The lowest BCUT2D eigenvalue weighted by Crippen LogP contribution is -2.40. The van der Waals surface area contributed by atoms with Crippen molar-refractivity contribution in [3.63, 3.8) is 0 Å².